The summed E-state index contributed by atoms with van der Waals surface area (Å²) < 4.78 is 23.5. The van der Waals surface area contributed by atoms with Gasteiger partial charge in [0, 0.05) is 11.8 Å². The van der Waals surface area contributed by atoms with E-state index in [9.17, 15) is 9.59 Å². The summed E-state index contributed by atoms with van der Waals surface area (Å²) in [5.74, 6) is 2.56. The number of fused-ring (bicyclic) bond motifs is 5. The summed E-state index contributed by atoms with van der Waals surface area (Å²) in [5, 5.41) is 2.87. The van der Waals surface area contributed by atoms with Gasteiger partial charge in [-0.3, -0.25) is 19.1 Å². The molecule has 3 aromatic carbocycles. The van der Waals surface area contributed by atoms with Crippen molar-refractivity contribution >= 4 is 34.5 Å². The van der Waals surface area contributed by atoms with E-state index in [2.05, 4.69) is 5.32 Å². The van der Waals surface area contributed by atoms with E-state index >= 15 is 0 Å². The van der Waals surface area contributed by atoms with Crippen LogP contribution in [0.2, 0.25) is 0 Å². The lowest BCUT2D eigenvalue weighted by molar-refractivity contribution is -0.124. The van der Waals surface area contributed by atoms with E-state index in [0.29, 0.717) is 41.2 Å². The molecule has 10 nitrogen and oxygen atoms in total. The van der Waals surface area contributed by atoms with Crippen LogP contribution in [-0.2, 0) is 16.1 Å². The number of para-hydroxylation sites is 2. The third-order valence-corrected chi connectivity index (χ3v) is 6.49. The van der Waals surface area contributed by atoms with E-state index in [4.69, 9.17) is 23.9 Å². The van der Waals surface area contributed by atoms with E-state index in [-0.39, 0.29) is 31.8 Å². The Morgan fingerprint density at radius 2 is 1.64 bits per heavy atom. The molecule has 3 aliphatic rings. The quantitative estimate of drug-likeness (QED) is 0.462. The number of amides is 2. The highest BCUT2D eigenvalue weighted by atomic mass is 16.7. The number of hydrogen-bond acceptors (Lipinski definition) is 7. The lowest BCUT2D eigenvalue weighted by atomic mass is 10.1. The van der Waals surface area contributed by atoms with Crippen molar-refractivity contribution < 1.29 is 28.5 Å². The molecule has 0 bridgehead atoms. The van der Waals surface area contributed by atoms with E-state index in [0.717, 1.165) is 16.6 Å². The Balaban J connectivity index is 1.18. The molecule has 180 valence electrons. The van der Waals surface area contributed by atoms with Gasteiger partial charge in [-0.2, -0.15) is 0 Å². The van der Waals surface area contributed by atoms with Crippen LogP contribution < -0.4 is 29.2 Å². The molecule has 10 heteroatoms. The van der Waals surface area contributed by atoms with Crippen molar-refractivity contribution in [2.45, 2.75) is 19.0 Å². The molecule has 1 atom stereocenters. The van der Waals surface area contributed by atoms with E-state index in [1.165, 1.54) is 0 Å². The Kier molecular flexibility index (Phi) is 4.53. The molecule has 0 aliphatic carbocycles. The predicted molar refractivity (Wildman–Crippen MR) is 128 cm³/mol. The topological polar surface area (TPSA) is 104 Å². The fraction of sp³-hybridized carbons (Fsp3) is 0.192. The molecule has 3 aliphatic heterocycles. The maximum atomic E-state index is 13.6. The molecule has 0 radical (unpaired) electrons. The van der Waals surface area contributed by atoms with Crippen LogP contribution in [0.15, 0.2) is 60.7 Å². The van der Waals surface area contributed by atoms with Crippen LogP contribution in [0.4, 0.5) is 11.6 Å². The van der Waals surface area contributed by atoms with Crippen molar-refractivity contribution in [2.24, 2.45) is 0 Å². The fourth-order valence-corrected chi connectivity index (χ4v) is 4.83. The molecule has 1 N–H and O–H groups in total. The summed E-state index contributed by atoms with van der Waals surface area (Å²) in [6.45, 7) is 0.621. The zero-order valence-corrected chi connectivity index (χ0v) is 19.0. The van der Waals surface area contributed by atoms with Crippen molar-refractivity contribution in [3.63, 3.8) is 0 Å². The number of aromatic nitrogens is 2. The summed E-state index contributed by atoms with van der Waals surface area (Å²) in [6.07, 6.45) is -0.0434. The van der Waals surface area contributed by atoms with Crippen LogP contribution in [0.1, 0.15) is 18.0 Å². The largest absolute Gasteiger partial charge is 0.454 e. The number of carbonyl (C=O) groups is 2. The molecule has 0 saturated heterocycles. The first kappa shape index (κ1) is 20.6. The maximum absolute atomic E-state index is 13.6. The van der Waals surface area contributed by atoms with Gasteiger partial charge in [0.15, 0.2) is 23.0 Å². The number of hydrogen-bond donors (Lipinski definition) is 1. The standard InChI is InChI=1S/C26H20N4O6/c31-24(27-16-6-8-21-23(10-16)36-14-34-21)11-19-25(32)29(12-15-5-7-20-22(9-15)35-13-33-20)26-28-17-3-1-2-4-18(17)30(19)26/h1-10,19H,11-14H2,(H,27,31)/t19-/m0/s1. The summed E-state index contributed by atoms with van der Waals surface area (Å²) in [6, 6.07) is 17.7. The van der Waals surface area contributed by atoms with Crippen LogP contribution >= 0.6 is 0 Å². The molecule has 2 amide bonds. The minimum Gasteiger partial charge on any atom is -0.454 e. The Morgan fingerprint density at radius 1 is 0.917 bits per heavy atom. The van der Waals surface area contributed by atoms with Crippen LogP contribution in [0.25, 0.3) is 11.0 Å². The Morgan fingerprint density at radius 3 is 2.47 bits per heavy atom. The van der Waals surface area contributed by atoms with Gasteiger partial charge in [-0.05, 0) is 42.0 Å². The Hall–Kier alpha value is -4.73. The monoisotopic (exact) mass is 484 g/mol. The molecule has 0 saturated carbocycles. The average Bonchev–Trinajstić information content (AvgIpc) is 3.65. The number of rotatable bonds is 5. The van der Waals surface area contributed by atoms with Gasteiger partial charge in [-0.1, -0.05) is 18.2 Å². The van der Waals surface area contributed by atoms with Gasteiger partial charge in [0.05, 0.1) is 24.0 Å². The molecular weight excluding hydrogens is 464 g/mol. The number of imidazole rings is 1. The van der Waals surface area contributed by atoms with Crippen molar-refractivity contribution in [1.82, 2.24) is 9.55 Å². The van der Waals surface area contributed by atoms with Crippen molar-refractivity contribution in [2.75, 3.05) is 23.8 Å². The highest BCUT2D eigenvalue weighted by Gasteiger charge is 2.41. The zero-order chi connectivity index (χ0) is 24.2. The first-order chi connectivity index (χ1) is 17.6. The Labute approximate surface area is 204 Å². The average molecular weight is 484 g/mol. The van der Waals surface area contributed by atoms with Crippen molar-refractivity contribution in [3.05, 3.63) is 66.2 Å². The number of benzene rings is 3. The van der Waals surface area contributed by atoms with Gasteiger partial charge in [-0.25, -0.2) is 4.98 Å². The van der Waals surface area contributed by atoms with Crippen LogP contribution in [-0.4, -0.2) is 35.0 Å². The van der Waals surface area contributed by atoms with Crippen molar-refractivity contribution in [3.8, 4) is 23.0 Å². The lowest BCUT2D eigenvalue weighted by Gasteiger charge is -2.16. The van der Waals surface area contributed by atoms with Gasteiger partial charge >= 0.3 is 0 Å². The van der Waals surface area contributed by atoms with E-state index < -0.39 is 6.04 Å². The number of nitrogens with zero attached hydrogens (tertiary/aromatic N) is 3. The second kappa shape index (κ2) is 7.91. The SMILES string of the molecule is O=C(C[C@H]1C(=O)N(Cc2ccc3c(c2)OCO3)c2nc3ccccc3n21)Nc1ccc2c(c1)OCO2. The third kappa shape index (κ3) is 3.29. The Bertz CT molecular complexity index is 1550. The summed E-state index contributed by atoms with van der Waals surface area (Å²) in [4.78, 5) is 33.0. The molecule has 0 spiro atoms. The smallest absolute Gasteiger partial charge is 0.253 e. The zero-order valence-electron chi connectivity index (χ0n) is 19.0. The number of ether oxygens (including phenoxy) is 4. The highest BCUT2D eigenvalue weighted by Crippen LogP contribution is 2.39. The fourth-order valence-electron chi connectivity index (χ4n) is 4.83. The van der Waals surface area contributed by atoms with Crippen molar-refractivity contribution in [1.29, 1.82) is 0 Å². The predicted octanol–water partition coefficient (Wildman–Crippen LogP) is 3.61. The molecule has 4 heterocycles. The van der Waals surface area contributed by atoms with E-state index in [1.807, 2.05) is 47.0 Å². The van der Waals surface area contributed by atoms with Gasteiger partial charge in [0.25, 0.3) is 5.91 Å². The first-order valence-corrected chi connectivity index (χ1v) is 11.5. The second-order valence-corrected chi connectivity index (χ2v) is 8.72. The minimum atomic E-state index is -0.726. The molecule has 7 rings (SSSR count). The molecule has 0 fully saturated rings. The normalized spacial score (nSPS) is 17.1. The molecular formula is C26H20N4O6. The third-order valence-electron chi connectivity index (χ3n) is 6.49. The summed E-state index contributed by atoms with van der Waals surface area (Å²) in [5.41, 5.74) is 3.01. The highest BCUT2D eigenvalue weighted by molar-refractivity contribution is 6.05. The van der Waals surface area contributed by atoms with Gasteiger partial charge in [0.1, 0.15) is 6.04 Å². The lowest BCUT2D eigenvalue weighted by Crippen LogP contribution is -2.31. The van der Waals surface area contributed by atoms with E-state index in [1.54, 1.807) is 23.1 Å². The van der Waals surface area contributed by atoms with Crippen LogP contribution in [0, 0.1) is 0 Å². The second-order valence-electron chi connectivity index (χ2n) is 8.72. The number of anilines is 2. The van der Waals surface area contributed by atoms with Crippen LogP contribution in [0.3, 0.4) is 0 Å². The van der Waals surface area contributed by atoms with Gasteiger partial charge in [0.2, 0.25) is 25.4 Å². The van der Waals surface area contributed by atoms with Crippen LogP contribution in [0.5, 0.6) is 23.0 Å². The molecule has 1 aromatic heterocycles. The number of carbonyl (C=O) groups excluding carboxylic acids is 2. The molecule has 36 heavy (non-hydrogen) atoms. The first-order valence-electron chi connectivity index (χ1n) is 11.5. The van der Waals surface area contributed by atoms with Gasteiger partial charge < -0.3 is 24.3 Å². The van der Waals surface area contributed by atoms with Gasteiger partial charge in [-0.15, -0.1) is 0 Å². The summed E-state index contributed by atoms with van der Waals surface area (Å²) in [7, 11) is 0. The molecule has 4 aromatic rings. The molecule has 0 unspecified atom stereocenters. The number of nitrogens with one attached hydrogen (secondary N) is 1. The maximum Gasteiger partial charge on any atom is 0.253 e. The summed E-state index contributed by atoms with van der Waals surface area (Å²) >= 11 is 0. The minimum absolute atomic E-state index is 0.0434.